The van der Waals surface area contributed by atoms with E-state index in [-0.39, 0.29) is 5.56 Å². The van der Waals surface area contributed by atoms with Crippen LogP contribution in [-0.2, 0) is 16.6 Å². The SMILES string of the molecule is Cc1cc(NC(=O)COC(=O)c2ccccc2-n2cnnn2)n(C)n1. The number of ether oxygens (including phenoxy) is 1. The first-order valence-corrected chi connectivity index (χ1v) is 7.34. The van der Waals surface area contributed by atoms with E-state index in [4.69, 9.17) is 4.74 Å². The Morgan fingerprint density at radius 3 is 2.76 bits per heavy atom. The average Bonchev–Trinajstić information content (AvgIpc) is 3.23. The molecule has 0 radical (unpaired) electrons. The lowest BCUT2D eigenvalue weighted by atomic mass is 10.2. The van der Waals surface area contributed by atoms with Crippen molar-refractivity contribution in [3.63, 3.8) is 0 Å². The van der Waals surface area contributed by atoms with Crippen LogP contribution in [0.1, 0.15) is 16.1 Å². The second-order valence-electron chi connectivity index (χ2n) is 5.19. The number of benzene rings is 1. The highest BCUT2D eigenvalue weighted by Gasteiger charge is 2.16. The monoisotopic (exact) mass is 341 g/mol. The first-order valence-electron chi connectivity index (χ1n) is 7.34. The van der Waals surface area contributed by atoms with Crippen molar-refractivity contribution in [3.8, 4) is 5.69 Å². The summed E-state index contributed by atoms with van der Waals surface area (Å²) in [5, 5.41) is 17.6. The van der Waals surface area contributed by atoms with Crippen LogP contribution in [-0.4, -0.2) is 48.5 Å². The summed E-state index contributed by atoms with van der Waals surface area (Å²) >= 11 is 0. The maximum Gasteiger partial charge on any atom is 0.340 e. The van der Waals surface area contributed by atoms with Gasteiger partial charge in [-0.15, -0.1) is 5.10 Å². The molecular weight excluding hydrogens is 326 g/mol. The average molecular weight is 341 g/mol. The summed E-state index contributed by atoms with van der Waals surface area (Å²) in [6.45, 7) is 1.39. The van der Waals surface area contributed by atoms with Crippen LogP contribution < -0.4 is 5.32 Å². The third-order valence-corrected chi connectivity index (χ3v) is 3.32. The van der Waals surface area contributed by atoms with Gasteiger partial charge in [-0.2, -0.15) is 9.78 Å². The molecule has 0 saturated carbocycles. The van der Waals surface area contributed by atoms with Gasteiger partial charge in [0, 0.05) is 13.1 Å². The topological polar surface area (TPSA) is 117 Å². The number of nitrogens with one attached hydrogen (secondary N) is 1. The van der Waals surface area contributed by atoms with Crippen molar-refractivity contribution in [2.24, 2.45) is 7.05 Å². The van der Waals surface area contributed by atoms with Crippen LogP contribution in [0.15, 0.2) is 36.7 Å². The van der Waals surface area contributed by atoms with Crippen molar-refractivity contribution >= 4 is 17.7 Å². The van der Waals surface area contributed by atoms with E-state index in [1.165, 1.54) is 15.7 Å². The molecule has 0 spiro atoms. The number of para-hydroxylation sites is 1. The van der Waals surface area contributed by atoms with Gasteiger partial charge in [-0.25, -0.2) is 4.79 Å². The number of aromatic nitrogens is 6. The van der Waals surface area contributed by atoms with E-state index in [1.807, 2.05) is 6.92 Å². The van der Waals surface area contributed by atoms with Crippen LogP contribution in [0.5, 0.6) is 0 Å². The number of anilines is 1. The molecule has 0 aliphatic carbocycles. The summed E-state index contributed by atoms with van der Waals surface area (Å²) in [5.74, 6) is -0.591. The van der Waals surface area contributed by atoms with E-state index in [1.54, 1.807) is 37.4 Å². The molecule has 1 aromatic carbocycles. The molecule has 0 atom stereocenters. The quantitative estimate of drug-likeness (QED) is 0.672. The molecule has 2 aromatic heterocycles. The molecule has 10 nitrogen and oxygen atoms in total. The van der Waals surface area contributed by atoms with E-state index >= 15 is 0 Å². The zero-order valence-corrected chi connectivity index (χ0v) is 13.6. The van der Waals surface area contributed by atoms with Gasteiger partial charge >= 0.3 is 5.97 Å². The Labute approximate surface area is 142 Å². The van der Waals surface area contributed by atoms with Crippen molar-refractivity contribution in [1.82, 2.24) is 30.0 Å². The molecule has 0 fully saturated rings. The second kappa shape index (κ2) is 6.91. The van der Waals surface area contributed by atoms with Crippen LogP contribution in [0.2, 0.25) is 0 Å². The summed E-state index contributed by atoms with van der Waals surface area (Å²) < 4.78 is 7.96. The van der Waals surface area contributed by atoms with Crippen LogP contribution in [0.3, 0.4) is 0 Å². The van der Waals surface area contributed by atoms with Gasteiger partial charge in [-0.3, -0.25) is 9.48 Å². The Bertz CT molecular complexity index is 902. The first kappa shape index (κ1) is 16.3. The van der Waals surface area contributed by atoms with Crippen LogP contribution >= 0.6 is 0 Å². The van der Waals surface area contributed by atoms with Crippen LogP contribution in [0.25, 0.3) is 5.69 Å². The van der Waals surface area contributed by atoms with Crippen molar-refractivity contribution < 1.29 is 14.3 Å². The molecule has 0 aliphatic heterocycles. The van der Waals surface area contributed by atoms with Gasteiger partial charge in [0.2, 0.25) is 0 Å². The smallest absolute Gasteiger partial charge is 0.340 e. The van der Waals surface area contributed by atoms with Gasteiger partial charge in [-0.1, -0.05) is 12.1 Å². The lowest BCUT2D eigenvalue weighted by Crippen LogP contribution is -2.22. The zero-order chi connectivity index (χ0) is 17.8. The second-order valence-corrected chi connectivity index (χ2v) is 5.19. The maximum absolute atomic E-state index is 12.3. The van der Waals surface area contributed by atoms with Crippen molar-refractivity contribution in [2.45, 2.75) is 6.92 Å². The number of aryl methyl sites for hydroxylation is 2. The highest BCUT2D eigenvalue weighted by molar-refractivity contribution is 5.97. The number of tetrazole rings is 1. The number of amides is 1. The number of nitrogens with zero attached hydrogens (tertiary/aromatic N) is 6. The van der Waals surface area contributed by atoms with Gasteiger partial charge in [0.1, 0.15) is 12.1 Å². The minimum Gasteiger partial charge on any atom is -0.452 e. The van der Waals surface area contributed by atoms with Crippen molar-refractivity contribution in [1.29, 1.82) is 0 Å². The largest absolute Gasteiger partial charge is 0.452 e. The van der Waals surface area contributed by atoms with Gasteiger partial charge < -0.3 is 10.1 Å². The minimum atomic E-state index is -0.651. The van der Waals surface area contributed by atoms with E-state index < -0.39 is 18.5 Å². The molecule has 25 heavy (non-hydrogen) atoms. The Hall–Kier alpha value is -3.56. The minimum absolute atomic E-state index is 0.249. The first-order chi connectivity index (χ1) is 12.0. The Kier molecular flexibility index (Phi) is 4.50. The third kappa shape index (κ3) is 3.68. The third-order valence-electron chi connectivity index (χ3n) is 3.32. The molecule has 0 bridgehead atoms. The Balaban J connectivity index is 1.65. The fourth-order valence-electron chi connectivity index (χ4n) is 2.23. The molecule has 1 N–H and O–H groups in total. The van der Waals surface area contributed by atoms with Gasteiger partial charge in [0.15, 0.2) is 6.61 Å². The number of rotatable bonds is 5. The van der Waals surface area contributed by atoms with E-state index in [2.05, 4.69) is 25.9 Å². The van der Waals surface area contributed by atoms with Crippen molar-refractivity contribution in [2.75, 3.05) is 11.9 Å². The highest BCUT2D eigenvalue weighted by atomic mass is 16.5. The van der Waals surface area contributed by atoms with E-state index in [0.29, 0.717) is 11.5 Å². The van der Waals surface area contributed by atoms with E-state index in [0.717, 1.165) is 5.69 Å². The number of carbonyl (C=O) groups excluding carboxylic acids is 2. The Morgan fingerprint density at radius 2 is 2.08 bits per heavy atom. The van der Waals surface area contributed by atoms with Gasteiger partial charge in [0.25, 0.3) is 5.91 Å². The number of hydrogen-bond acceptors (Lipinski definition) is 7. The van der Waals surface area contributed by atoms with Crippen molar-refractivity contribution in [3.05, 3.63) is 47.9 Å². The molecule has 10 heteroatoms. The molecule has 0 aliphatic rings. The summed E-state index contributed by atoms with van der Waals surface area (Å²) in [7, 11) is 1.71. The molecule has 1 amide bonds. The predicted octanol–water partition coefficient (Wildman–Crippen LogP) is 0.500. The number of esters is 1. The van der Waals surface area contributed by atoms with Gasteiger partial charge in [-0.05, 0) is 29.5 Å². The number of carbonyl (C=O) groups is 2. The molecule has 0 unspecified atom stereocenters. The molecule has 2 heterocycles. The summed E-state index contributed by atoms with van der Waals surface area (Å²) in [6, 6.07) is 8.38. The normalized spacial score (nSPS) is 10.5. The molecule has 3 rings (SSSR count). The maximum atomic E-state index is 12.3. The molecule has 3 aromatic rings. The fraction of sp³-hybridized carbons (Fsp3) is 0.200. The summed E-state index contributed by atoms with van der Waals surface area (Å²) in [4.78, 5) is 24.2. The number of hydrogen-bond donors (Lipinski definition) is 1. The van der Waals surface area contributed by atoms with E-state index in [9.17, 15) is 9.59 Å². The lowest BCUT2D eigenvalue weighted by molar-refractivity contribution is -0.119. The zero-order valence-electron chi connectivity index (χ0n) is 13.6. The molecule has 0 saturated heterocycles. The van der Waals surface area contributed by atoms with Crippen LogP contribution in [0, 0.1) is 6.92 Å². The summed E-state index contributed by atoms with van der Waals surface area (Å²) in [5.41, 5.74) is 1.48. The molecular formula is C15H15N7O3. The standard InChI is InChI=1S/C15H15N7O3/c1-10-7-13(21(2)18-10)17-14(23)8-25-15(24)11-5-3-4-6-12(11)22-9-16-19-20-22/h3-7,9H,8H2,1-2H3,(H,17,23). The fourth-order valence-corrected chi connectivity index (χ4v) is 2.23. The predicted molar refractivity (Wildman–Crippen MR) is 86.0 cm³/mol. The molecule has 128 valence electrons. The lowest BCUT2D eigenvalue weighted by Gasteiger charge is -2.09. The van der Waals surface area contributed by atoms with Gasteiger partial charge in [0.05, 0.1) is 16.9 Å². The summed E-state index contributed by atoms with van der Waals surface area (Å²) in [6.07, 6.45) is 1.36. The van der Waals surface area contributed by atoms with Crippen LogP contribution in [0.4, 0.5) is 5.82 Å². The highest BCUT2D eigenvalue weighted by Crippen LogP contribution is 2.14. The Morgan fingerprint density at radius 1 is 1.28 bits per heavy atom.